The average Bonchev–Trinajstić information content (AvgIpc) is 2.84. The van der Waals surface area contributed by atoms with Crippen LogP contribution in [-0.2, 0) is 11.7 Å². The first kappa shape index (κ1) is 13.5. The van der Waals surface area contributed by atoms with E-state index in [1.807, 2.05) is 0 Å². The molecule has 1 saturated carbocycles. The number of benzene rings is 1. The maximum Gasteiger partial charge on any atom is 0.416 e. The molecule has 3 rings (SSSR count). The summed E-state index contributed by atoms with van der Waals surface area (Å²) >= 11 is 0. The van der Waals surface area contributed by atoms with Crippen molar-refractivity contribution in [2.24, 2.45) is 5.73 Å². The van der Waals surface area contributed by atoms with Gasteiger partial charge in [-0.2, -0.15) is 13.2 Å². The Kier molecular flexibility index (Phi) is 3.08. The van der Waals surface area contributed by atoms with E-state index < -0.39 is 17.3 Å². The highest BCUT2D eigenvalue weighted by Gasteiger charge is 2.44. The van der Waals surface area contributed by atoms with Crippen LogP contribution in [0, 0.1) is 0 Å². The number of fused-ring (bicyclic) bond motifs is 1. The van der Waals surface area contributed by atoms with Crippen molar-refractivity contribution in [3.63, 3.8) is 0 Å². The van der Waals surface area contributed by atoms with E-state index in [2.05, 4.69) is 0 Å². The molecule has 2 N–H and O–H groups in total. The second kappa shape index (κ2) is 4.55. The smallest absolute Gasteiger partial charge is 0.416 e. The Labute approximate surface area is 114 Å². The first-order chi connectivity index (χ1) is 9.42. The Morgan fingerprint density at radius 1 is 1.05 bits per heavy atom. The van der Waals surface area contributed by atoms with E-state index in [-0.39, 0.29) is 17.9 Å². The van der Waals surface area contributed by atoms with Crippen LogP contribution in [0.3, 0.4) is 0 Å². The quantitative estimate of drug-likeness (QED) is 0.862. The molecule has 6 heteroatoms. The summed E-state index contributed by atoms with van der Waals surface area (Å²) in [6.07, 6.45) is -1.71. The molecule has 1 aromatic rings. The van der Waals surface area contributed by atoms with Crippen LogP contribution in [0.5, 0.6) is 11.5 Å². The minimum absolute atomic E-state index is 0.0692. The van der Waals surface area contributed by atoms with Gasteiger partial charge in [0.1, 0.15) is 13.2 Å². The van der Waals surface area contributed by atoms with Crippen LogP contribution in [0.25, 0.3) is 0 Å². The van der Waals surface area contributed by atoms with Gasteiger partial charge < -0.3 is 15.2 Å². The van der Waals surface area contributed by atoms with E-state index in [1.165, 1.54) is 6.07 Å². The number of nitrogens with two attached hydrogens (primary N) is 1. The van der Waals surface area contributed by atoms with Crippen molar-refractivity contribution in [3.8, 4) is 11.5 Å². The molecule has 0 unspecified atom stereocenters. The van der Waals surface area contributed by atoms with Crippen LogP contribution >= 0.6 is 0 Å². The maximum absolute atomic E-state index is 13.3. The highest BCUT2D eigenvalue weighted by Crippen LogP contribution is 2.50. The van der Waals surface area contributed by atoms with E-state index in [0.717, 1.165) is 18.9 Å². The minimum Gasteiger partial charge on any atom is -0.486 e. The van der Waals surface area contributed by atoms with Crippen molar-refractivity contribution in [3.05, 3.63) is 23.3 Å². The summed E-state index contributed by atoms with van der Waals surface area (Å²) in [6.45, 7) is 0.590. The molecule has 3 nitrogen and oxygen atoms in total. The van der Waals surface area contributed by atoms with Crippen LogP contribution in [0.15, 0.2) is 12.1 Å². The molecule has 1 aliphatic heterocycles. The van der Waals surface area contributed by atoms with Gasteiger partial charge >= 0.3 is 6.18 Å². The topological polar surface area (TPSA) is 44.5 Å². The van der Waals surface area contributed by atoms with Gasteiger partial charge in [0, 0.05) is 11.1 Å². The zero-order valence-corrected chi connectivity index (χ0v) is 10.9. The fourth-order valence-corrected chi connectivity index (χ4v) is 3.10. The van der Waals surface area contributed by atoms with Crippen molar-refractivity contribution in [1.82, 2.24) is 0 Å². The van der Waals surface area contributed by atoms with Gasteiger partial charge in [0.2, 0.25) is 0 Å². The second-order valence-electron chi connectivity index (χ2n) is 5.37. The summed E-state index contributed by atoms with van der Waals surface area (Å²) in [5, 5.41) is 0. The predicted octanol–water partition coefficient (Wildman–Crippen LogP) is 3.20. The fraction of sp³-hybridized carbons (Fsp3) is 0.571. The lowest BCUT2D eigenvalue weighted by Crippen LogP contribution is -2.37. The molecule has 0 atom stereocenters. The van der Waals surface area contributed by atoms with E-state index in [4.69, 9.17) is 15.2 Å². The van der Waals surface area contributed by atoms with Crippen molar-refractivity contribution < 1.29 is 22.6 Å². The monoisotopic (exact) mass is 287 g/mol. The molecule has 0 bridgehead atoms. The summed E-state index contributed by atoms with van der Waals surface area (Å²) in [7, 11) is 0. The van der Waals surface area contributed by atoms with Gasteiger partial charge in [-0.1, -0.05) is 12.8 Å². The lowest BCUT2D eigenvalue weighted by molar-refractivity contribution is -0.139. The molecule has 1 heterocycles. The van der Waals surface area contributed by atoms with E-state index in [1.54, 1.807) is 0 Å². The van der Waals surface area contributed by atoms with E-state index in [9.17, 15) is 13.2 Å². The molecular weight excluding hydrogens is 271 g/mol. The standard InChI is InChI=1S/C14H16F3NO2/c15-14(16,17)9-3-4-10-12(20-8-7-19-10)11(9)13(18)5-1-2-6-13/h3-4H,1-2,5-8,18H2. The van der Waals surface area contributed by atoms with Gasteiger partial charge in [0.25, 0.3) is 0 Å². The van der Waals surface area contributed by atoms with Gasteiger partial charge in [-0.25, -0.2) is 0 Å². The van der Waals surface area contributed by atoms with Crippen molar-refractivity contribution in [1.29, 1.82) is 0 Å². The molecule has 0 saturated heterocycles. The largest absolute Gasteiger partial charge is 0.486 e. The summed E-state index contributed by atoms with van der Waals surface area (Å²) in [6, 6.07) is 2.37. The number of halogens is 3. The SMILES string of the molecule is NC1(c2c(C(F)(F)F)ccc3c2OCCO3)CCCC1. The minimum atomic E-state index is -4.44. The van der Waals surface area contributed by atoms with Crippen LogP contribution in [0.1, 0.15) is 36.8 Å². The van der Waals surface area contributed by atoms with E-state index in [0.29, 0.717) is 25.2 Å². The third-order valence-electron chi connectivity index (χ3n) is 4.01. The van der Waals surface area contributed by atoms with Crippen LogP contribution in [-0.4, -0.2) is 13.2 Å². The molecule has 1 aliphatic carbocycles. The molecule has 110 valence electrons. The summed E-state index contributed by atoms with van der Waals surface area (Å²) < 4.78 is 50.7. The lowest BCUT2D eigenvalue weighted by atomic mass is 9.84. The first-order valence-corrected chi connectivity index (χ1v) is 6.71. The third-order valence-corrected chi connectivity index (χ3v) is 4.01. The second-order valence-corrected chi connectivity index (χ2v) is 5.37. The van der Waals surface area contributed by atoms with Crippen molar-refractivity contribution in [2.75, 3.05) is 13.2 Å². The third kappa shape index (κ3) is 2.12. The highest BCUT2D eigenvalue weighted by atomic mass is 19.4. The predicted molar refractivity (Wildman–Crippen MR) is 66.8 cm³/mol. The summed E-state index contributed by atoms with van der Waals surface area (Å²) in [5.74, 6) is 0.534. The van der Waals surface area contributed by atoms with Crippen molar-refractivity contribution >= 4 is 0 Å². The number of rotatable bonds is 1. The highest BCUT2D eigenvalue weighted by molar-refractivity contribution is 5.55. The van der Waals surface area contributed by atoms with Gasteiger partial charge in [0.05, 0.1) is 5.56 Å². The number of ether oxygens (including phenoxy) is 2. The maximum atomic E-state index is 13.3. The summed E-state index contributed by atoms with van der Waals surface area (Å²) in [5.41, 5.74) is 4.66. The zero-order valence-electron chi connectivity index (χ0n) is 10.9. The van der Waals surface area contributed by atoms with Gasteiger partial charge in [-0.05, 0) is 25.0 Å². The molecular formula is C14H16F3NO2. The lowest BCUT2D eigenvalue weighted by Gasteiger charge is -2.32. The fourth-order valence-electron chi connectivity index (χ4n) is 3.10. The van der Waals surface area contributed by atoms with Gasteiger partial charge in [0.15, 0.2) is 11.5 Å². The molecule has 0 amide bonds. The molecule has 2 aliphatic rings. The normalized spacial score (nSPS) is 21.0. The Morgan fingerprint density at radius 3 is 2.35 bits per heavy atom. The Hall–Kier alpha value is -1.43. The molecule has 1 aromatic carbocycles. The molecule has 0 aromatic heterocycles. The van der Waals surface area contributed by atoms with Gasteiger partial charge in [-0.15, -0.1) is 0 Å². The molecule has 0 radical (unpaired) electrons. The zero-order chi connectivity index (χ0) is 14.4. The Balaban J connectivity index is 2.21. The molecule has 1 fully saturated rings. The van der Waals surface area contributed by atoms with Crippen LogP contribution in [0.2, 0.25) is 0 Å². The first-order valence-electron chi connectivity index (χ1n) is 6.71. The van der Waals surface area contributed by atoms with Crippen molar-refractivity contribution in [2.45, 2.75) is 37.4 Å². The molecule has 0 spiro atoms. The Morgan fingerprint density at radius 2 is 1.70 bits per heavy atom. The summed E-state index contributed by atoms with van der Waals surface area (Å²) in [4.78, 5) is 0. The Bertz CT molecular complexity index is 522. The number of hydrogen-bond donors (Lipinski definition) is 1. The van der Waals surface area contributed by atoms with Crippen LogP contribution in [0.4, 0.5) is 13.2 Å². The number of alkyl halides is 3. The average molecular weight is 287 g/mol. The number of hydrogen-bond acceptors (Lipinski definition) is 3. The van der Waals surface area contributed by atoms with Gasteiger partial charge in [-0.3, -0.25) is 0 Å². The van der Waals surface area contributed by atoms with Crippen LogP contribution < -0.4 is 15.2 Å². The molecule has 20 heavy (non-hydrogen) atoms. The van der Waals surface area contributed by atoms with E-state index >= 15 is 0 Å².